The average Bonchev–Trinajstić information content (AvgIpc) is 2.39. The van der Waals surface area contributed by atoms with Crippen LogP contribution in [0.1, 0.15) is 51.6 Å². The van der Waals surface area contributed by atoms with Crippen molar-refractivity contribution < 1.29 is 9.18 Å². The van der Waals surface area contributed by atoms with Gasteiger partial charge in [-0.15, -0.1) is 0 Å². The molecule has 1 rings (SSSR count). The summed E-state index contributed by atoms with van der Waals surface area (Å²) in [5.41, 5.74) is 6.64. The first kappa shape index (κ1) is 16.6. The molecule has 3 nitrogen and oxygen atoms in total. The van der Waals surface area contributed by atoms with Crippen molar-refractivity contribution in [3.63, 3.8) is 0 Å². The standard InChI is InChI=1S/C16H25FN2O/c1-4-19(16(20)7-5-6-12(2)18)13(3)14-8-10-15(17)11-9-14/h8-13H,4-7,18H2,1-3H3. The van der Waals surface area contributed by atoms with Crippen molar-refractivity contribution in [3.8, 4) is 0 Å². The molecule has 112 valence electrons. The maximum atomic E-state index is 12.9. The van der Waals surface area contributed by atoms with Crippen molar-refractivity contribution in [1.29, 1.82) is 0 Å². The predicted octanol–water partition coefficient (Wildman–Crippen LogP) is 3.25. The highest BCUT2D eigenvalue weighted by Crippen LogP contribution is 2.21. The molecule has 1 aromatic carbocycles. The summed E-state index contributed by atoms with van der Waals surface area (Å²) in [4.78, 5) is 14.1. The zero-order valence-electron chi connectivity index (χ0n) is 12.6. The molecule has 4 heteroatoms. The van der Waals surface area contributed by atoms with Crippen molar-refractivity contribution in [1.82, 2.24) is 4.90 Å². The van der Waals surface area contributed by atoms with E-state index in [-0.39, 0.29) is 23.8 Å². The molecule has 1 amide bonds. The van der Waals surface area contributed by atoms with Gasteiger partial charge in [0.25, 0.3) is 0 Å². The topological polar surface area (TPSA) is 46.3 Å². The SMILES string of the molecule is CCN(C(=O)CCCC(C)N)C(C)c1ccc(F)cc1. The van der Waals surface area contributed by atoms with Gasteiger partial charge in [-0.05, 0) is 51.3 Å². The smallest absolute Gasteiger partial charge is 0.223 e. The zero-order valence-corrected chi connectivity index (χ0v) is 12.6. The van der Waals surface area contributed by atoms with Gasteiger partial charge in [-0.25, -0.2) is 4.39 Å². The van der Waals surface area contributed by atoms with Gasteiger partial charge in [0.05, 0.1) is 6.04 Å². The number of carbonyl (C=O) groups is 1. The Hall–Kier alpha value is -1.42. The quantitative estimate of drug-likeness (QED) is 0.833. The summed E-state index contributed by atoms with van der Waals surface area (Å²) in [7, 11) is 0. The highest BCUT2D eigenvalue weighted by molar-refractivity contribution is 5.76. The van der Waals surface area contributed by atoms with Crippen LogP contribution in [0.5, 0.6) is 0 Å². The van der Waals surface area contributed by atoms with Gasteiger partial charge in [0, 0.05) is 19.0 Å². The lowest BCUT2D eigenvalue weighted by Gasteiger charge is -2.28. The first-order valence-electron chi connectivity index (χ1n) is 7.26. The van der Waals surface area contributed by atoms with E-state index >= 15 is 0 Å². The number of amides is 1. The van der Waals surface area contributed by atoms with Gasteiger partial charge in [0.15, 0.2) is 0 Å². The molecule has 0 aliphatic rings. The van der Waals surface area contributed by atoms with Crippen molar-refractivity contribution in [2.45, 2.75) is 52.1 Å². The van der Waals surface area contributed by atoms with Crippen LogP contribution in [0.25, 0.3) is 0 Å². The van der Waals surface area contributed by atoms with E-state index in [4.69, 9.17) is 5.73 Å². The Kier molecular flexibility index (Phi) is 6.65. The van der Waals surface area contributed by atoms with Crippen molar-refractivity contribution in [2.75, 3.05) is 6.54 Å². The van der Waals surface area contributed by atoms with Gasteiger partial charge in [-0.2, -0.15) is 0 Å². The predicted molar refractivity (Wildman–Crippen MR) is 79.7 cm³/mol. The highest BCUT2D eigenvalue weighted by atomic mass is 19.1. The summed E-state index contributed by atoms with van der Waals surface area (Å²) in [5, 5.41) is 0. The zero-order chi connectivity index (χ0) is 15.1. The van der Waals surface area contributed by atoms with Gasteiger partial charge < -0.3 is 10.6 Å². The van der Waals surface area contributed by atoms with E-state index in [9.17, 15) is 9.18 Å². The van der Waals surface area contributed by atoms with Crippen LogP contribution in [0.2, 0.25) is 0 Å². The Labute approximate surface area is 121 Å². The minimum atomic E-state index is -0.257. The molecule has 0 saturated carbocycles. The highest BCUT2D eigenvalue weighted by Gasteiger charge is 2.19. The first-order chi connectivity index (χ1) is 9.45. The molecule has 0 saturated heterocycles. The van der Waals surface area contributed by atoms with E-state index in [1.807, 2.05) is 25.7 Å². The van der Waals surface area contributed by atoms with Crippen LogP contribution in [-0.2, 0) is 4.79 Å². The second kappa shape index (κ2) is 8.00. The monoisotopic (exact) mass is 280 g/mol. The lowest BCUT2D eigenvalue weighted by Crippen LogP contribution is -2.33. The molecule has 20 heavy (non-hydrogen) atoms. The Bertz CT molecular complexity index is 417. The first-order valence-corrected chi connectivity index (χ1v) is 7.26. The van der Waals surface area contributed by atoms with Crippen LogP contribution < -0.4 is 5.73 Å². The number of hydrogen-bond acceptors (Lipinski definition) is 2. The van der Waals surface area contributed by atoms with Gasteiger partial charge in [0.1, 0.15) is 5.82 Å². The number of carbonyl (C=O) groups excluding carboxylic acids is 1. The third-order valence-corrected chi connectivity index (χ3v) is 3.53. The summed E-state index contributed by atoms with van der Waals surface area (Å²) in [6.45, 7) is 6.53. The van der Waals surface area contributed by atoms with Crippen LogP contribution in [0.3, 0.4) is 0 Å². The fraction of sp³-hybridized carbons (Fsp3) is 0.562. The fourth-order valence-electron chi connectivity index (χ4n) is 2.31. The van der Waals surface area contributed by atoms with Gasteiger partial charge in [-0.1, -0.05) is 12.1 Å². The fourth-order valence-corrected chi connectivity index (χ4v) is 2.31. The normalized spacial score (nSPS) is 13.8. The third kappa shape index (κ3) is 4.93. The Morgan fingerprint density at radius 3 is 2.40 bits per heavy atom. The second-order valence-corrected chi connectivity index (χ2v) is 5.28. The number of hydrogen-bond donors (Lipinski definition) is 1. The molecule has 2 N–H and O–H groups in total. The summed E-state index contributed by atoms with van der Waals surface area (Å²) in [5.74, 6) is -0.128. The van der Waals surface area contributed by atoms with Gasteiger partial charge in [-0.3, -0.25) is 4.79 Å². The van der Waals surface area contributed by atoms with Gasteiger partial charge in [0.2, 0.25) is 5.91 Å². The Balaban J connectivity index is 2.64. The average molecular weight is 280 g/mol. The van der Waals surface area contributed by atoms with Crippen molar-refractivity contribution in [2.24, 2.45) is 5.73 Å². The van der Waals surface area contributed by atoms with E-state index < -0.39 is 0 Å². The molecule has 0 radical (unpaired) electrons. The Morgan fingerprint density at radius 2 is 1.90 bits per heavy atom. The number of nitrogens with zero attached hydrogens (tertiary/aromatic N) is 1. The maximum absolute atomic E-state index is 12.9. The summed E-state index contributed by atoms with van der Waals surface area (Å²) < 4.78 is 12.9. The molecule has 0 fully saturated rings. The summed E-state index contributed by atoms with van der Waals surface area (Å²) in [6, 6.07) is 6.42. The lowest BCUT2D eigenvalue weighted by atomic mass is 10.1. The van der Waals surface area contributed by atoms with Crippen LogP contribution in [-0.4, -0.2) is 23.4 Å². The molecular formula is C16H25FN2O. The minimum Gasteiger partial charge on any atom is -0.336 e. The molecule has 2 atom stereocenters. The molecule has 1 aromatic rings. The van der Waals surface area contributed by atoms with E-state index in [1.165, 1.54) is 12.1 Å². The summed E-state index contributed by atoms with van der Waals surface area (Å²) in [6.07, 6.45) is 2.18. The van der Waals surface area contributed by atoms with Crippen LogP contribution in [0, 0.1) is 5.82 Å². The number of halogens is 1. The maximum Gasteiger partial charge on any atom is 0.223 e. The minimum absolute atomic E-state index is 0.0385. The molecule has 0 heterocycles. The van der Waals surface area contributed by atoms with E-state index in [1.54, 1.807) is 12.1 Å². The molecule has 0 aliphatic heterocycles. The summed E-state index contributed by atoms with van der Waals surface area (Å²) >= 11 is 0. The number of nitrogens with two attached hydrogens (primary N) is 1. The van der Waals surface area contributed by atoms with E-state index in [2.05, 4.69) is 0 Å². The molecule has 0 bridgehead atoms. The van der Waals surface area contributed by atoms with E-state index in [0.29, 0.717) is 13.0 Å². The van der Waals surface area contributed by atoms with Crippen LogP contribution >= 0.6 is 0 Å². The molecule has 0 aliphatic carbocycles. The van der Waals surface area contributed by atoms with Gasteiger partial charge >= 0.3 is 0 Å². The molecule has 0 aromatic heterocycles. The van der Waals surface area contributed by atoms with Crippen molar-refractivity contribution >= 4 is 5.91 Å². The van der Waals surface area contributed by atoms with Crippen LogP contribution in [0.4, 0.5) is 4.39 Å². The largest absolute Gasteiger partial charge is 0.336 e. The number of rotatable bonds is 7. The number of benzene rings is 1. The Morgan fingerprint density at radius 1 is 1.30 bits per heavy atom. The lowest BCUT2D eigenvalue weighted by molar-refractivity contribution is -0.133. The molecule has 0 spiro atoms. The molecule has 2 unspecified atom stereocenters. The second-order valence-electron chi connectivity index (χ2n) is 5.28. The van der Waals surface area contributed by atoms with Crippen molar-refractivity contribution in [3.05, 3.63) is 35.6 Å². The molecular weight excluding hydrogens is 255 g/mol. The van der Waals surface area contributed by atoms with E-state index in [0.717, 1.165) is 18.4 Å². The third-order valence-electron chi connectivity index (χ3n) is 3.53. The van der Waals surface area contributed by atoms with Crippen LogP contribution in [0.15, 0.2) is 24.3 Å².